The average molecular weight is 435 g/mol. The van der Waals surface area contributed by atoms with E-state index in [9.17, 15) is 9.18 Å². The summed E-state index contributed by atoms with van der Waals surface area (Å²) in [6.45, 7) is 4.21. The molecule has 146 valence electrons. The third-order valence-corrected chi connectivity index (χ3v) is 4.32. The zero-order chi connectivity index (χ0) is 20.1. The molecule has 2 aromatic carbocycles. The number of halogens is 4. The fourth-order valence-corrected chi connectivity index (χ4v) is 3.37. The number of hydrogen-bond donors (Lipinski definition) is 2. The Bertz CT molecular complexity index is 807. The standard InChI is InChI=1S/C19H19Cl3FNO3/c1-10(2)24-14-4-12(3-13(20)8-14)9-27-18-15(21)5-11(6-16(18)22)7-17(23)19(25)26/h3-6,8,10,17,24H,7,9H2,1-2H3,(H,25,26). The van der Waals surface area contributed by atoms with E-state index in [2.05, 4.69) is 5.32 Å². The number of carbonyl (C=O) groups is 1. The van der Waals surface area contributed by atoms with Crippen LogP contribution in [0.5, 0.6) is 5.75 Å². The van der Waals surface area contributed by atoms with Gasteiger partial charge in [0.25, 0.3) is 0 Å². The summed E-state index contributed by atoms with van der Waals surface area (Å²) < 4.78 is 19.1. The molecule has 0 fully saturated rings. The van der Waals surface area contributed by atoms with Crippen LogP contribution in [-0.4, -0.2) is 23.3 Å². The number of aliphatic carboxylic acids is 1. The Labute approximate surface area is 172 Å². The van der Waals surface area contributed by atoms with Gasteiger partial charge in [-0.05, 0) is 55.3 Å². The van der Waals surface area contributed by atoms with E-state index in [1.54, 1.807) is 6.07 Å². The highest BCUT2D eigenvalue weighted by atomic mass is 35.5. The summed E-state index contributed by atoms with van der Waals surface area (Å²) in [5.41, 5.74) is 2.06. The first kappa shape index (κ1) is 21.6. The van der Waals surface area contributed by atoms with E-state index in [0.717, 1.165) is 11.3 Å². The van der Waals surface area contributed by atoms with Crippen LogP contribution in [0, 0.1) is 0 Å². The zero-order valence-corrected chi connectivity index (χ0v) is 17.0. The zero-order valence-electron chi connectivity index (χ0n) is 14.7. The van der Waals surface area contributed by atoms with E-state index in [-0.39, 0.29) is 34.9 Å². The van der Waals surface area contributed by atoms with Gasteiger partial charge in [0.05, 0.1) is 10.0 Å². The van der Waals surface area contributed by atoms with E-state index in [1.807, 2.05) is 26.0 Å². The number of benzene rings is 2. The van der Waals surface area contributed by atoms with Crippen molar-refractivity contribution in [2.75, 3.05) is 5.32 Å². The SMILES string of the molecule is CC(C)Nc1cc(Cl)cc(COc2c(Cl)cc(CC(F)C(=O)O)cc2Cl)c1. The number of hydrogen-bond acceptors (Lipinski definition) is 3. The van der Waals surface area contributed by atoms with Crippen molar-refractivity contribution < 1.29 is 19.0 Å². The third-order valence-electron chi connectivity index (χ3n) is 3.54. The molecule has 27 heavy (non-hydrogen) atoms. The maximum absolute atomic E-state index is 13.4. The molecule has 1 atom stereocenters. The quantitative estimate of drug-likeness (QED) is 0.534. The molecule has 0 aliphatic carbocycles. The second-order valence-corrected chi connectivity index (χ2v) is 7.59. The Balaban J connectivity index is 2.14. The maximum atomic E-state index is 13.4. The lowest BCUT2D eigenvalue weighted by Crippen LogP contribution is -2.17. The van der Waals surface area contributed by atoms with Gasteiger partial charge in [-0.3, -0.25) is 0 Å². The van der Waals surface area contributed by atoms with Gasteiger partial charge in [0, 0.05) is 23.2 Å². The Morgan fingerprint density at radius 3 is 2.30 bits per heavy atom. The van der Waals surface area contributed by atoms with Crippen molar-refractivity contribution in [3.63, 3.8) is 0 Å². The van der Waals surface area contributed by atoms with Gasteiger partial charge in [-0.2, -0.15) is 0 Å². The molecule has 2 rings (SSSR count). The summed E-state index contributed by atoms with van der Waals surface area (Å²) in [7, 11) is 0. The number of anilines is 1. The smallest absolute Gasteiger partial charge is 0.338 e. The fraction of sp³-hybridized carbons (Fsp3) is 0.316. The van der Waals surface area contributed by atoms with E-state index in [1.165, 1.54) is 12.1 Å². The van der Waals surface area contributed by atoms with Crippen LogP contribution in [0.2, 0.25) is 15.1 Å². The Kier molecular flexibility index (Phi) is 7.59. The third kappa shape index (κ3) is 6.45. The summed E-state index contributed by atoms with van der Waals surface area (Å²) in [4.78, 5) is 10.6. The minimum Gasteiger partial charge on any atom is -0.486 e. The summed E-state index contributed by atoms with van der Waals surface area (Å²) in [6.07, 6.45) is -2.35. The maximum Gasteiger partial charge on any atom is 0.338 e. The second-order valence-electron chi connectivity index (χ2n) is 6.33. The molecular formula is C19H19Cl3FNO3. The first-order valence-corrected chi connectivity index (χ1v) is 9.32. The average Bonchev–Trinajstić information content (AvgIpc) is 2.52. The number of rotatable bonds is 8. The minimum absolute atomic E-state index is 0.174. The van der Waals surface area contributed by atoms with Crippen LogP contribution in [-0.2, 0) is 17.8 Å². The van der Waals surface area contributed by atoms with Gasteiger partial charge < -0.3 is 15.2 Å². The highest BCUT2D eigenvalue weighted by molar-refractivity contribution is 6.37. The second kappa shape index (κ2) is 9.49. The highest BCUT2D eigenvalue weighted by Gasteiger charge is 2.18. The molecular weight excluding hydrogens is 416 g/mol. The Hall–Kier alpha value is -1.69. The van der Waals surface area contributed by atoms with Gasteiger partial charge in [0.15, 0.2) is 5.75 Å². The predicted molar refractivity (Wildman–Crippen MR) is 107 cm³/mol. The van der Waals surface area contributed by atoms with Crippen LogP contribution in [0.3, 0.4) is 0 Å². The lowest BCUT2D eigenvalue weighted by Gasteiger charge is -2.15. The molecule has 0 spiro atoms. The van der Waals surface area contributed by atoms with Crippen molar-refractivity contribution in [2.24, 2.45) is 0 Å². The Morgan fingerprint density at radius 1 is 1.11 bits per heavy atom. The number of alkyl halides is 1. The first-order chi connectivity index (χ1) is 12.7. The number of carboxylic acid groups (broad SMARTS) is 1. The van der Waals surface area contributed by atoms with E-state index in [4.69, 9.17) is 44.6 Å². The van der Waals surface area contributed by atoms with Gasteiger partial charge in [0.2, 0.25) is 6.17 Å². The van der Waals surface area contributed by atoms with E-state index in [0.29, 0.717) is 10.6 Å². The molecule has 4 nitrogen and oxygen atoms in total. The normalized spacial score (nSPS) is 12.1. The lowest BCUT2D eigenvalue weighted by atomic mass is 10.1. The van der Waals surface area contributed by atoms with E-state index < -0.39 is 12.1 Å². The van der Waals surface area contributed by atoms with Gasteiger partial charge in [-0.1, -0.05) is 34.8 Å². The van der Waals surface area contributed by atoms with Gasteiger partial charge in [-0.25, -0.2) is 9.18 Å². The molecule has 0 radical (unpaired) electrons. The molecule has 2 N–H and O–H groups in total. The number of ether oxygens (including phenoxy) is 1. The predicted octanol–water partition coefficient (Wildman–Crippen LogP) is 6.01. The van der Waals surface area contributed by atoms with Crippen molar-refractivity contribution in [3.8, 4) is 5.75 Å². The van der Waals surface area contributed by atoms with Crippen LogP contribution in [0.15, 0.2) is 30.3 Å². The van der Waals surface area contributed by atoms with Crippen LogP contribution in [0.4, 0.5) is 10.1 Å². The molecule has 1 unspecified atom stereocenters. The van der Waals surface area contributed by atoms with Crippen molar-refractivity contribution in [3.05, 3.63) is 56.5 Å². The molecule has 0 saturated heterocycles. The summed E-state index contributed by atoms with van der Waals surface area (Å²) in [6, 6.07) is 8.63. The summed E-state index contributed by atoms with van der Waals surface area (Å²) >= 11 is 18.5. The molecule has 0 aliphatic rings. The van der Waals surface area contributed by atoms with Crippen LogP contribution in [0.25, 0.3) is 0 Å². The van der Waals surface area contributed by atoms with Crippen LogP contribution >= 0.6 is 34.8 Å². The Morgan fingerprint density at radius 2 is 1.74 bits per heavy atom. The van der Waals surface area contributed by atoms with Crippen molar-refractivity contribution in [1.82, 2.24) is 0 Å². The molecule has 8 heteroatoms. The summed E-state index contributed by atoms with van der Waals surface area (Å²) in [5, 5.41) is 12.9. The molecule has 0 aliphatic heterocycles. The molecule has 0 bridgehead atoms. The largest absolute Gasteiger partial charge is 0.486 e. The lowest BCUT2D eigenvalue weighted by molar-refractivity contribution is -0.142. The molecule has 0 saturated carbocycles. The van der Waals surface area contributed by atoms with Gasteiger partial charge in [-0.15, -0.1) is 0 Å². The topological polar surface area (TPSA) is 58.6 Å². The van der Waals surface area contributed by atoms with Crippen molar-refractivity contribution in [2.45, 2.75) is 39.1 Å². The van der Waals surface area contributed by atoms with Crippen LogP contribution in [0.1, 0.15) is 25.0 Å². The molecule has 0 amide bonds. The van der Waals surface area contributed by atoms with Crippen LogP contribution < -0.4 is 10.1 Å². The fourth-order valence-electron chi connectivity index (χ4n) is 2.47. The van der Waals surface area contributed by atoms with Gasteiger partial charge in [0.1, 0.15) is 6.61 Å². The number of carboxylic acids is 1. The molecule has 0 heterocycles. The van der Waals surface area contributed by atoms with Crippen molar-refractivity contribution >= 4 is 46.5 Å². The highest BCUT2D eigenvalue weighted by Crippen LogP contribution is 2.35. The minimum atomic E-state index is -2.03. The van der Waals surface area contributed by atoms with Crippen molar-refractivity contribution in [1.29, 1.82) is 0 Å². The van der Waals surface area contributed by atoms with Gasteiger partial charge >= 0.3 is 5.97 Å². The molecule has 2 aromatic rings. The summed E-state index contributed by atoms with van der Waals surface area (Å²) in [5.74, 6) is -1.29. The van der Waals surface area contributed by atoms with E-state index >= 15 is 0 Å². The monoisotopic (exact) mass is 433 g/mol. The number of nitrogens with one attached hydrogen (secondary N) is 1. The molecule has 0 aromatic heterocycles. The first-order valence-electron chi connectivity index (χ1n) is 8.19.